The van der Waals surface area contributed by atoms with Crippen molar-refractivity contribution in [3.8, 4) is 34.0 Å². The molecular weight excluding hydrogens is 348 g/mol. The molecule has 0 aliphatic rings. The van der Waals surface area contributed by atoms with Crippen LogP contribution in [0.4, 0.5) is 0 Å². The SMILES string of the molecule is COc1ccccc1-c1cc(-c2ccccc2OC)n(Cc2ccccc2)n1. The lowest BCUT2D eigenvalue weighted by Gasteiger charge is -2.11. The first kappa shape index (κ1) is 17.9. The van der Waals surface area contributed by atoms with E-state index in [1.165, 1.54) is 5.56 Å². The molecule has 4 heteroatoms. The topological polar surface area (TPSA) is 36.3 Å². The van der Waals surface area contributed by atoms with Crippen molar-refractivity contribution in [2.24, 2.45) is 0 Å². The number of ether oxygens (including phenoxy) is 2. The molecule has 3 aromatic carbocycles. The van der Waals surface area contributed by atoms with Crippen molar-refractivity contribution in [3.05, 3.63) is 90.5 Å². The van der Waals surface area contributed by atoms with Crippen LogP contribution in [-0.2, 0) is 6.54 Å². The van der Waals surface area contributed by atoms with E-state index in [1.807, 2.05) is 65.3 Å². The number of benzene rings is 3. The molecule has 4 rings (SSSR count). The Bertz CT molecular complexity index is 1070. The van der Waals surface area contributed by atoms with Crippen molar-refractivity contribution in [2.75, 3.05) is 14.2 Å². The third-order valence-corrected chi connectivity index (χ3v) is 4.72. The van der Waals surface area contributed by atoms with Gasteiger partial charge in [0.05, 0.1) is 32.2 Å². The van der Waals surface area contributed by atoms with Gasteiger partial charge in [-0.1, -0.05) is 54.6 Å². The summed E-state index contributed by atoms with van der Waals surface area (Å²) in [5.41, 5.74) is 5.03. The first-order chi connectivity index (χ1) is 13.8. The summed E-state index contributed by atoms with van der Waals surface area (Å²) in [7, 11) is 3.37. The minimum atomic E-state index is 0.670. The molecule has 28 heavy (non-hydrogen) atoms. The molecule has 140 valence electrons. The highest BCUT2D eigenvalue weighted by molar-refractivity contribution is 5.75. The Labute approximate surface area is 165 Å². The van der Waals surface area contributed by atoms with E-state index in [4.69, 9.17) is 14.6 Å². The van der Waals surface area contributed by atoms with Gasteiger partial charge in [-0.25, -0.2) is 0 Å². The molecule has 0 aliphatic heterocycles. The fraction of sp³-hybridized carbons (Fsp3) is 0.125. The van der Waals surface area contributed by atoms with Gasteiger partial charge in [0.1, 0.15) is 11.5 Å². The molecular formula is C24H22N2O2. The zero-order chi connectivity index (χ0) is 19.3. The van der Waals surface area contributed by atoms with Gasteiger partial charge in [0.15, 0.2) is 0 Å². The molecule has 0 bridgehead atoms. The minimum Gasteiger partial charge on any atom is -0.496 e. The van der Waals surface area contributed by atoms with Crippen molar-refractivity contribution in [1.82, 2.24) is 9.78 Å². The third-order valence-electron chi connectivity index (χ3n) is 4.72. The Kier molecular flexibility index (Phi) is 5.11. The molecule has 0 spiro atoms. The molecule has 0 atom stereocenters. The molecule has 0 saturated carbocycles. The smallest absolute Gasteiger partial charge is 0.128 e. The van der Waals surface area contributed by atoms with Gasteiger partial charge >= 0.3 is 0 Å². The Morgan fingerprint density at radius 1 is 0.714 bits per heavy atom. The van der Waals surface area contributed by atoms with Gasteiger partial charge in [-0.05, 0) is 35.9 Å². The lowest BCUT2D eigenvalue weighted by atomic mass is 10.1. The van der Waals surface area contributed by atoms with Crippen LogP contribution < -0.4 is 9.47 Å². The van der Waals surface area contributed by atoms with Gasteiger partial charge in [-0.15, -0.1) is 0 Å². The summed E-state index contributed by atoms with van der Waals surface area (Å²) in [4.78, 5) is 0. The van der Waals surface area contributed by atoms with Gasteiger partial charge in [-0.2, -0.15) is 5.10 Å². The molecule has 4 nitrogen and oxygen atoms in total. The molecule has 0 fully saturated rings. The monoisotopic (exact) mass is 370 g/mol. The van der Waals surface area contributed by atoms with E-state index in [-0.39, 0.29) is 0 Å². The maximum atomic E-state index is 5.60. The molecule has 0 aliphatic carbocycles. The summed E-state index contributed by atoms with van der Waals surface area (Å²) in [6, 6.07) is 28.4. The van der Waals surface area contributed by atoms with Crippen LogP contribution in [0.3, 0.4) is 0 Å². The number of rotatable bonds is 6. The molecule has 0 N–H and O–H groups in total. The standard InChI is InChI=1S/C24H22N2O2/c1-27-23-14-8-6-12-19(23)21-16-22(20-13-7-9-15-24(20)28-2)26(25-21)17-18-10-4-3-5-11-18/h3-16H,17H2,1-2H3. The van der Waals surface area contributed by atoms with E-state index >= 15 is 0 Å². The van der Waals surface area contributed by atoms with Gasteiger partial charge < -0.3 is 9.47 Å². The number of hydrogen-bond donors (Lipinski definition) is 0. The van der Waals surface area contributed by atoms with Crippen molar-refractivity contribution >= 4 is 0 Å². The van der Waals surface area contributed by atoms with E-state index in [1.54, 1.807) is 14.2 Å². The highest BCUT2D eigenvalue weighted by Gasteiger charge is 2.17. The second-order valence-electron chi connectivity index (χ2n) is 6.46. The van der Waals surface area contributed by atoms with Gasteiger partial charge in [-0.3, -0.25) is 4.68 Å². The summed E-state index contributed by atoms with van der Waals surface area (Å²) in [5, 5.41) is 4.92. The average Bonchev–Trinajstić information content (AvgIpc) is 3.17. The minimum absolute atomic E-state index is 0.670. The predicted molar refractivity (Wildman–Crippen MR) is 112 cm³/mol. The third kappa shape index (κ3) is 3.49. The van der Waals surface area contributed by atoms with Gasteiger partial charge in [0.25, 0.3) is 0 Å². The van der Waals surface area contributed by atoms with E-state index in [0.29, 0.717) is 6.54 Å². The van der Waals surface area contributed by atoms with Crippen molar-refractivity contribution in [2.45, 2.75) is 6.54 Å². The summed E-state index contributed by atoms with van der Waals surface area (Å²) >= 11 is 0. The Morgan fingerprint density at radius 3 is 1.96 bits per heavy atom. The second-order valence-corrected chi connectivity index (χ2v) is 6.46. The number of methoxy groups -OCH3 is 2. The van der Waals surface area contributed by atoms with E-state index in [0.717, 1.165) is 34.0 Å². The molecule has 0 saturated heterocycles. The summed E-state index contributed by atoms with van der Waals surface area (Å²) in [6.45, 7) is 0.670. The Balaban J connectivity index is 1.87. The summed E-state index contributed by atoms with van der Waals surface area (Å²) in [6.07, 6.45) is 0. The van der Waals surface area contributed by atoms with Crippen LogP contribution in [0.2, 0.25) is 0 Å². The summed E-state index contributed by atoms with van der Waals surface area (Å²) in [5.74, 6) is 1.63. The van der Waals surface area contributed by atoms with Crippen LogP contribution in [0, 0.1) is 0 Å². The van der Waals surface area contributed by atoms with Crippen LogP contribution in [0.1, 0.15) is 5.56 Å². The van der Waals surface area contributed by atoms with Gasteiger partial charge in [0.2, 0.25) is 0 Å². The lowest BCUT2D eigenvalue weighted by Crippen LogP contribution is -2.04. The van der Waals surface area contributed by atoms with Crippen LogP contribution in [0.25, 0.3) is 22.5 Å². The first-order valence-corrected chi connectivity index (χ1v) is 9.18. The van der Waals surface area contributed by atoms with Crippen molar-refractivity contribution < 1.29 is 9.47 Å². The van der Waals surface area contributed by atoms with Crippen LogP contribution >= 0.6 is 0 Å². The quantitative estimate of drug-likeness (QED) is 0.463. The molecule has 4 aromatic rings. The first-order valence-electron chi connectivity index (χ1n) is 9.18. The van der Waals surface area contributed by atoms with Crippen LogP contribution in [0.5, 0.6) is 11.5 Å². The molecule has 1 aromatic heterocycles. The Hall–Kier alpha value is -3.53. The maximum absolute atomic E-state index is 5.60. The zero-order valence-electron chi connectivity index (χ0n) is 16.0. The Morgan fingerprint density at radius 2 is 1.29 bits per heavy atom. The van der Waals surface area contributed by atoms with E-state index in [9.17, 15) is 0 Å². The fourth-order valence-corrected chi connectivity index (χ4v) is 3.35. The zero-order valence-corrected chi connectivity index (χ0v) is 16.0. The number of nitrogens with zero attached hydrogens (tertiary/aromatic N) is 2. The summed E-state index contributed by atoms with van der Waals surface area (Å²) < 4.78 is 13.2. The van der Waals surface area contributed by atoms with E-state index in [2.05, 4.69) is 24.3 Å². The number of para-hydroxylation sites is 2. The van der Waals surface area contributed by atoms with E-state index < -0.39 is 0 Å². The van der Waals surface area contributed by atoms with Crippen LogP contribution in [0.15, 0.2) is 84.9 Å². The van der Waals surface area contributed by atoms with Gasteiger partial charge in [0, 0.05) is 11.1 Å². The number of hydrogen-bond acceptors (Lipinski definition) is 3. The maximum Gasteiger partial charge on any atom is 0.128 e. The lowest BCUT2D eigenvalue weighted by molar-refractivity contribution is 0.416. The second kappa shape index (κ2) is 8.01. The molecule has 0 amide bonds. The van der Waals surface area contributed by atoms with Crippen LogP contribution in [-0.4, -0.2) is 24.0 Å². The highest BCUT2D eigenvalue weighted by atomic mass is 16.5. The van der Waals surface area contributed by atoms with Crippen molar-refractivity contribution in [1.29, 1.82) is 0 Å². The fourth-order valence-electron chi connectivity index (χ4n) is 3.35. The number of aromatic nitrogens is 2. The predicted octanol–water partition coefficient (Wildman–Crippen LogP) is 5.28. The largest absolute Gasteiger partial charge is 0.496 e. The highest BCUT2D eigenvalue weighted by Crippen LogP contribution is 2.35. The molecule has 0 radical (unpaired) electrons. The average molecular weight is 370 g/mol. The normalized spacial score (nSPS) is 10.6. The molecule has 1 heterocycles. The molecule has 0 unspecified atom stereocenters. The van der Waals surface area contributed by atoms with Crippen molar-refractivity contribution in [3.63, 3.8) is 0 Å².